The van der Waals surface area contributed by atoms with Crippen molar-refractivity contribution >= 4 is 17.3 Å². The minimum atomic E-state index is 0.554. The highest BCUT2D eigenvalue weighted by Gasteiger charge is 2.25. The first-order valence-corrected chi connectivity index (χ1v) is 10.3. The van der Waals surface area contributed by atoms with E-state index in [0.717, 1.165) is 35.7 Å². The van der Waals surface area contributed by atoms with E-state index < -0.39 is 0 Å². The topological polar surface area (TPSA) is 52.6 Å². The summed E-state index contributed by atoms with van der Waals surface area (Å²) >= 11 is 1.75. The van der Waals surface area contributed by atoms with Gasteiger partial charge in [-0.2, -0.15) is 0 Å². The van der Waals surface area contributed by atoms with E-state index in [0.29, 0.717) is 12.0 Å². The first kappa shape index (κ1) is 20.2. The van der Waals surface area contributed by atoms with Crippen molar-refractivity contribution in [1.29, 1.82) is 0 Å². The quantitative estimate of drug-likeness (QED) is 0.600. The fraction of sp³-hybridized carbons (Fsp3) is 0.789. The molecule has 0 saturated carbocycles. The lowest BCUT2D eigenvalue weighted by atomic mass is 9.94. The Morgan fingerprint density at radius 1 is 1.28 bits per heavy atom. The molecule has 0 amide bonds. The van der Waals surface area contributed by atoms with Gasteiger partial charge in [-0.15, -0.1) is 11.3 Å². The van der Waals surface area contributed by atoms with Crippen LogP contribution in [0.25, 0.3) is 0 Å². The molecule has 1 unspecified atom stereocenters. The number of aromatic nitrogens is 1. The van der Waals surface area contributed by atoms with Crippen molar-refractivity contribution in [2.24, 2.45) is 16.8 Å². The van der Waals surface area contributed by atoms with Crippen molar-refractivity contribution in [3.05, 3.63) is 15.6 Å². The number of rotatable bonds is 6. The number of aryl methyl sites for hydroxylation is 2. The van der Waals surface area contributed by atoms with Crippen LogP contribution in [0, 0.1) is 25.7 Å². The van der Waals surface area contributed by atoms with Gasteiger partial charge in [0.15, 0.2) is 5.96 Å². The SMILES string of the molecule is CN=C(NCc1sc(C)nc1C)NCC(C(C)C)N1CCC(C)CC1. The monoisotopic (exact) mass is 365 g/mol. The maximum Gasteiger partial charge on any atom is 0.191 e. The number of likely N-dealkylation sites (tertiary alicyclic amines) is 1. The fourth-order valence-corrected chi connectivity index (χ4v) is 4.35. The summed E-state index contributed by atoms with van der Waals surface area (Å²) in [7, 11) is 1.84. The van der Waals surface area contributed by atoms with E-state index in [4.69, 9.17) is 0 Å². The van der Waals surface area contributed by atoms with Crippen molar-refractivity contribution in [2.45, 2.75) is 60.0 Å². The number of guanidine groups is 1. The minimum Gasteiger partial charge on any atom is -0.355 e. The Labute approximate surface area is 157 Å². The van der Waals surface area contributed by atoms with E-state index >= 15 is 0 Å². The molecule has 1 aromatic heterocycles. The van der Waals surface area contributed by atoms with Gasteiger partial charge in [-0.3, -0.25) is 9.89 Å². The Kier molecular flexibility index (Phi) is 7.69. The number of hydrogen-bond acceptors (Lipinski definition) is 4. The summed E-state index contributed by atoms with van der Waals surface area (Å²) in [5, 5.41) is 8.09. The molecule has 1 fully saturated rings. The molecular weight excluding hydrogens is 330 g/mol. The molecule has 2 heterocycles. The lowest BCUT2D eigenvalue weighted by Gasteiger charge is -2.39. The molecule has 0 radical (unpaired) electrons. The van der Waals surface area contributed by atoms with Crippen LogP contribution in [0.1, 0.15) is 49.2 Å². The number of aliphatic imine (C=N–C) groups is 1. The zero-order chi connectivity index (χ0) is 18.4. The Morgan fingerprint density at radius 3 is 2.48 bits per heavy atom. The molecule has 2 rings (SSSR count). The molecule has 0 aromatic carbocycles. The molecule has 2 N–H and O–H groups in total. The van der Waals surface area contributed by atoms with Gasteiger partial charge in [-0.1, -0.05) is 20.8 Å². The van der Waals surface area contributed by atoms with Crippen LogP contribution in [0.15, 0.2) is 4.99 Å². The van der Waals surface area contributed by atoms with Crippen LogP contribution in [0.5, 0.6) is 0 Å². The second kappa shape index (κ2) is 9.53. The third-order valence-corrected chi connectivity index (χ3v) is 6.25. The fourth-order valence-electron chi connectivity index (χ4n) is 3.47. The highest BCUT2D eigenvalue weighted by atomic mass is 32.1. The summed E-state index contributed by atoms with van der Waals surface area (Å²) < 4.78 is 0. The molecule has 0 bridgehead atoms. The molecule has 1 aliphatic heterocycles. The summed E-state index contributed by atoms with van der Waals surface area (Å²) in [6, 6.07) is 0.554. The van der Waals surface area contributed by atoms with Crippen molar-refractivity contribution in [1.82, 2.24) is 20.5 Å². The van der Waals surface area contributed by atoms with E-state index in [-0.39, 0.29) is 0 Å². The van der Waals surface area contributed by atoms with Crippen molar-refractivity contribution in [2.75, 3.05) is 26.7 Å². The van der Waals surface area contributed by atoms with Gasteiger partial charge in [0.25, 0.3) is 0 Å². The molecule has 1 aliphatic rings. The maximum absolute atomic E-state index is 4.49. The molecular formula is C19H35N5S. The summed E-state index contributed by atoms with van der Waals surface area (Å²) in [6.07, 6.45) is 2.64. The van der Waals surface area contributed by atoms with E-state index in [9.17, 15) is 0 Å². The molecule has 0 spiro atoms. The Hall–Kier alpha value is -1.14. The Morgan fingerprint density at radius 2 is 1.96 bits per heavy atom. The van der Waals surface area contributed by atoms with Crippen LogP contribution >= 0.6 is 11.3 Å². The predicted molar refractivity (Wildman–Crippen MR) is 108 cm³/mol. The van der Waals surface area contributed by atoms with Gasteiger partial charge < -0.3 is 10.6 Å². The van der Waals surface area contributed by atoms with Gasteiger partial charge in [-0.25, -0.2) is 4.98 Å². The van der Waals surface area contributed by atoms with Gasteiger partial charge in [0, 0.05) is 24.5 Å². The summed E-state index contributed by atoms with van der Waals surface area (Å²) in [6.45, 7) is 15.3. The average molecular weight is 366 g/mol. The second-order valence-corrected chi connectivity index (χ2v) is 8.87. The predicted octanol–water partition coefficient (Wildman–Crippen LogP) is 3.18. The van der Waals surface area contributed by atoms with Gasteiger partial charge in [0.2, 0.25) is 0 Å². The zero-order valence-electron chi connectivity index (χ0n) is 16.7. The second-order valence-electron chi connectivity index (χ2n) is 7.58. The zero-order valence-corrected chi connectivity index (χ0v) is 17.5. The van der Waals surface area contributed by atoms with Crippen LogP contribution in [0.3, 0.4) is 0 Å². The lowest BCUT2D eigenvalue weighted by molar-refractivity contribution is 0.110. The molecule has 5 nitrogen and oxygen atoms in total. The van der Waals surface area contributed by atoms with E-state index in [1.807, 2.05) is 7.05 Å². The standard InChI is InChI=1S/C19H35N5S/c1-13(2)17(24-9-7-14(3)8-10-24)11-21-19(20-6)22-12-18-15(4)23-16(5)25-18/h13-14,17H,7-12H2,1-6H3,(H2,20,21,22). The highest BCUT2D eigenvalue weighted by Crippen LogP contribution is 2.21. The number of nitrogens with zero attached hydrogens (tertiary/aromatic N) is 3. The molecule has 142 valence electrons. The lowest BCUT2D eigenvalue weighted by Crippen LogP contribution is -2.51. The first-order valence-electron chi connectivity index (χ1n) is 9.52. The average Bonchev–Trinajstić information content (AvgIpc) is 2.89. The number of nitrogens with one attached hydrogen (secondary N) is 2. The molecule has 0 aliphatic carbocycles. The largest absolute Gasteiger partial charge is 0.355 e. The summed E-state index contributed by atoms with van der Waals surface area (Å²) in [4.78, 5) is 12.8. The molecule has 1 atom stereocenters. The van der Waals surface area contributed by atoms with Crippen molar-refractivity contribution in [3.63, 3.8) is 0 Å². The minimum absolute atomic E-state index is 0.554. The van der Waals surface area contributed by atoms with Gasteiger partial charge in [-0.05, 0) is 51.6 Å². The summed E-state index contributed by atoms with van der Waals surface area (Å²) in [5.74, 6) is 2.38. The Bertz CT molecular complexity index is 558. The van der Waals surface area contributed by atoms with Gasteiger partial charge in [0.05, 0.1) is 17.2 Å². The van der Waals surface area contributed by atoms with E-state index in [1.54, 1.807) is 11.3 Å². The van der Waals surface area contributed by atoms with Crippen LogP contribution in [0.4, 0.5) is 0 Å². The highest BCUT2D eigenvalue weighted by molar-refractivity contribution is 7.11. The smallest absolute Gasteiger partial charge is 0.191 e. The van der Waals surface area contributed by atoms with Crippen molar-refractivity contribution in [3.8, 4) is 0 Å². The normalized spacial score (nSPS) is 18.6. The Balaban J connectivity index is 1.86. The summed E-state index contributed by atoms with van der Waals surface area (Å²) in [5.41, 5.74) is 1.12. The molecule has 1 saturated heterocycles. The third-order valence-electron chi connectivity index (χ3n) is 5.18. The van der Waals surface area contributed by atoms with Crippen LogP contribution in [-0.2, 0) is 6.54 Å². The number of hydrogen-bond donors (Lipinski definition) is 2. The molecule has 6 heteroatoms. The van der Waals surface area contributed by atoms with E-state index in [1.165, 1.54) is 30.8 Å². The number of thiazole rings is 1. The molecule has 25 heavy (non-hydrogen) atoms. The van der Waals surface area contributed by atoms with Crippen molar-refractivity contribution < 1.29 is 0 Å². The van der Waals surface area contributed by atoms with Gasteiger partial charge >= 0.3 is 0 Å². The first-order chi connectivity index (χ1) is 11.9. The maximum atomic E-state index is 4.49. The van der Waals surface area contributed by atoms with E-state index in [2.05, 4.69) is 60.1 Å². The van der Waals surface area contributed by atoms with Crippen LogP contribution in [0.2, 0.25) is 0 Å². The third kappa shape index (κ3) is 5.96. The van der Waals surface area contributed by atoms with Crippen LogP contribution in [-0.4, -0.2) is 48.6 Å². The number of piperidine rings is 1. The van der Waals surface area contributed by atoms with Gasteiger partial charge in [0.1, 0.15) is 0 Å². The molecule has 1 aromatic rings. The van der Waals surface area contributed by atoms with Crippen LogP contribution < -0.4 is 10.6 Å².